The van der Waals surface area contributed by atoms with E-state index in [1.54, 1.807) is 0 Å². The standard InChI is InChI=1S/C12H14BrF2NO4/c1-3-20-11(18)12(14,15)10(16)7-4-6(13)5-8(19-2)9(7)17/h4-5,10,17H,3,16H2,1-2H3/t10-/m0/s1. The minimum Gasteiger partial charge on any atom is -0.504 e. The number of halogens is 3. The van der Waals surface area contributed by atoms with Crippen molar-refractivity contribution in [2.24, 2.45) is 5.73 Å². The number of nitrogens with two attached hydrogens (primary N) is 1. The van der Waals surface area contributed by atoms with E-state index in [1.807, 2.05) is 0 Å². The van der Waals surface area contributed by atoms with Crippen LogP contribution in [0, 0.1) is 0 Å². The summed E-state index contributed by atoms with van der Waals surface area (Å²) in [4.78, 5) is 11.3. The lowest BCUT2D eigenvalue weighted by Gasteiger charge is -2.23. The number of phenolic OH excluding ortho intramolecular Hbond substituents is 1. The summed E-state index contributed by atoms with van der Waals surface area (Å²) in [7, 11) is 1.26. The predicted octanol–water partition coefficient (Wildman–Crippen LogP) is 2.36. The molecule has 0 saturated carbocycles. The Morgan fingerprint density at radius 1 is 1.55 bits per heavy atom. The first-order valence-electron chi connectivity index (χ1n) is 5.62. The van der Waals surface area contributed by atoms with E-state index in [0.29, 0.717) is 4.47 Å². The van der Waals surface area contributed by atoms with Gasteiger partial charge in [0.2, 0.25) is 0 Å². The molecule has 0 aliphatic heterocycles. The Bertz CT molecular complexity index is 510. The van der Waals surface area contributed by atoms with Gasteiger partial charge in [0.1, 0.15) is 6.04 Å². The van der Waals surface area contributed by atoms with Crippen LogP contribution in [0.5, 0.6) is 11.5 Å². The molecule has 0 saturated heterocycles. The van der Waals surface area contributed by atoms with E-state index in [-0.39, 0.29) is 17.9 Å². The summed E-state index contributed by atoms with van der Waals surface area (Å²) >= 11 is 3.08. The topological polar surface area (TPSA) is 81.8 Å². The number of phenols is 1. The van der Waals surface area contributed by atoms with Gasteiger partial charge >= 0.3 is 11.9 Å². The summed E-state index contributed by atoms with van der Waals surface area (Å²) in [5.41, 5.74) is 5.09. The highest BCUT2D eigenvalue weighted by molar-refractivity contribution is 9.10. The van der Waals surface area contributed by atoms with Crippen LogP contribution in [0.1, 0.15) is 18.5 Å². The molecule has 0 amide bonds. The highest BCUT2D eigenvalue weighted by Gasteiger charge is 2.49. The van der Waals surface area contributed by atoms with Crippen LogP contribution in [0.4, 0.5) is 8.78 Å². The molecule has 0 aliphatic carbocycles. The lowest BCUT2D eigenvalue weighted by atomic mass is 10.00. The van der Waals surface area contributed by atoms with Crippen LogP contribution in [0.3, 0.4) is 0 Å². The number of hydrogen-bond acceptors (Lipinski definition) is 5. The van der Waals surface area contributed by atoms with E-state index < -0.39 is 23.7 Å². The van der Waals surface area contributed by atoms with Crippen LogP contribution in [0.2, 0.25) is 0 Å². The summed E-state index contributed by atoms with van der Waals surface area (Å²) in [5, 5.41) is 9.85. The van der Waals surface area contributed by atoms with Gasteiger partial charge in [0, 0.05) is 10.0 Å². The van der Waals surface area contributed by atoms with Crippen molar-refractivity contribution in [1.82, 2.24) is 0 Å². The van der Waals surface area contributed by atoms with Gasteiger partial charge < -0.3 is 20.3 Å². The monoisotopic (exact) mass is 353 g/mol. The highest BCUT2D eigenvalue weighted by Crippen LogP contribution is 2.41. The van der Waals surface area contributed by atoms with Gasteiger partial charge in [0.15, 0.2) is 11.5 Å². The largest absolute Gasteiger partial charge is 0.504 e. The van der Waals surface area contributed by atoms with Crippen LogP contribution < -0.4 is 10.5 Å². The number of benzene rings is 1. The second-order valence-electron chi connectivity index (χ2n) is 3.87. The molecule has 0 aliphatic rings. The Morgan fingerprint density at radius 3 is 2.65 bits per heavy atom. The Labute approximate surface area is 122 Å². The number of hydrogen-bond donors (Lipinski definition) is 2. The SMILES string of the molecule is CCOC(=O)C(F)(F)[C@@H](N)c1cc(Br)cc(OC)c1O. The van der Waals surface area contributed by atoms with Crippen LogP contribution in [0.25, 0.3) is 0 Å². The normalized spacial score (nSPS) is 12.9. The maximum atomic E-state index is 13.9. The van der Waals surface area contributed by atoms with Crippen molar-refractivity contribution in [1.29, 1.82) is 0 Å². The van der Waals surface area contributed by atoms with Gasteiger partial charge in [0.05, 0.1) is 13.7 Å². The van der Waals surface area contributed by atoms with Gasteiger partial charge in [-0.15, -0.1) is 0 Å². The Morgan fingerprint density at radius 2 is 2.15 bits per heavy atom. The molecule has 0 radical (unpaired) electrons. The second kappa shape index (κ2) is 6.36. The fraction of sp³-hybridized carbons (Fsp3) is 0.417. The fourth-order valence-corrected chi connectivity index (χ4v) is 1.99. The summed E-state index contributed by atoms with van der Waals surface area (Å²) < 4.78 is 37.2. The van der Waals surface area contributed by atoms with E-state index >= 15 is 0 Å². The first kappa shape index (κ1) is 16.6. The molecule has 0 aromatic heterocycles. The van der Waals surface area contributed by atoms with Crippen molar-refractivity contribution in [3.05, 3.63) is 22.2 Å². The zero-order chi connectivity index (χ0) is 15.5. The van der Waals surface area contributed by atoms with Crippen LogP contribution in [-0.2, 0) is 9.53 Å². The number of carbonyl (C=O) groups is 1. The molecule has 0 bridgehead atoms. The third-order valence-electron chi connectivity index (χ3n) is 2.56. The average Bonchev–Trinajstić information content (AvgIpc) is 2.40. The molecule has 0 heterocycles. The molecule has 112 valence electrons. The summed E-state index contributed by atoms with van der Waals surface area (Å²) in [6, 6.07) is 0.511. The third kappa shape index (κ3) is 3.18. The number of alkyl halides is 2. The van der Waals surface area contributed by atoms with Crippen molar-refractivity contribution in [2.75, 3.05) is 13.7 Å². The molecule has 0 fully saturated rings. The van der Waals surface area contributed by atoms with E-state index in [0.717, 1.165) is 0 Å². The quantitative estimate of drug-likeness (QED) is 0.794. The molecule has 0 unspecified atom stereocenters. The van der Waals surface area contributed by atoms with Crippen LogP contribution in [0.15, 0.2) is 16.6 Å². The number of aromatic hydroxyl groups is 1. The lowest BCUT2D eigenvalue weighted by molar-refractivity contribution is -0.174. The molecular formula is C12H14BrF2NO4. The van der Waals surface area contributed by atoms with Crippen molar-refractivity contribution in [2.45, 2.75) is 18.9 Å². The van der Waals surface area contributed by atoms with Crippen LogP contribution >= 0.6 is 15.9 Å². The van der Waals surface area contributed by atoms with Crippen molar-refractivity contribution in [3.63, 3.8) is 0 Å². The Balaban J connectivity index is 3.23. The summed E-state index contributed by atoms with van der Waals surface area (Å²) in [6.45, 7) is 1.20. The molecule has 8 heteroatoms. The zero-order valence-electron chi connectivity index (χ0n) is 10.8. The smallest absolute Gasteiger partial charge is 0.379 e. The molecule has 1 atom stereocenters. The van der Waals surface area contributed by atoms with Gasteiger partial charge in [-0.1, -0.05) is 15.9 Å². The fourth-order valence-electron chi connectivity index (χ4n) is 1.54. The first-order valence-corrected chi connectivity index (χ1v) is 6.42. The Kier molecular flexibility index (Phi) is 5.29. The Hall–Kier alpha value is -1.41. The van der Waals surface area contributed by atoms with Gasteiger partial charge in [-0.3, -0.25) is 0 Å². The summed E-state index contributed by atoms with van der Waals surface area (Å²) in [6.07, 6.45) is 0. The molecule has 5 nitrogen and oxygen atoms in total. The molecule has 20 heavy (non-hydrogen) atoms. The molecule has 1 rings (SSSR count). The number of methoxy groups -OCH3 is 1. The number of carbonyl (C=O) groups excluding carboxylic acids is 1. The van der Waals surface area contributed by atoms with Gasteiger partial charge in [-0.05, 0) is 19.1 Å². The van der Waals surface area contributed by atoms with Crippen molar-refractivity contribution >= 4 is 21.9 Å². The second-order valence-corrected chi connectivity index (χ2v) is 4.78. The minimum absolute atomic E-state index is 0.0375. The van der Waals surface area contributed by atoms with Crippen molar-refractivity contribution < 1.29 is 28.2 Å². The van der Waals surface area contributed by atoms with Crippen molar-refractivity contribution in [3.8, 4) is 11.5 Å². The van der Waals surface area contributed by atoms with E-state index in [1.165, 1.54) is 26.2 Å². The lowest BCUT2D eigenvalue weighted by Crippen LogP contribution is -2.41. The maximum Gasteiger partial charge on any atom is 0.379 e. The molecule has 1 aromatic carbocycles. The van der Waals surface area contributed by atoms with Gasteiger partial charge in [0.25, 0.3) is 0 Å². The third-order valence-corrected chi connectivity index (χ3v) is 3.02. The molecule has 0 spiro atoms. The summed E-state index contributed by atoms with van der Waals surface area (Å²) in [5.74, 6) is -6.30. The zero-order valence-corrected chi connectivity index (χ0v) is 12.4. The van der Waals surface area contributed by atoms with E-state index in [4.69, 9.17) is 10.5 Å². The predicted molar refractivity (Wildman–Crippen MR) is 70.9 cm³/mol. The van der Waals surface area contributed by atoms with Gasteiger partial charge in [-0.25, -0.2) is 4.79 Å². The number of rotatable bonds is 5. The number of ether oxygens (including phenoxy) is 2. The maximum absolute atomic E-state index is 13.9. The van der Waals surface area contributed by atoms with E-state index in [2.05, 4.69) is 20.7 Å². The number of esters is 1. The van der Waals surface area contributed by atoms with E-state index in [9.17, 15) is 18.7 Å². The average molecular weight is 354 g/mol. The highest BCUT2D eigenvalue weighted by atomic mass is 79.9. The minimum atomic E-state index is -3.97. The molecule has 1 aromatic rings. The first-order chi connectivity index (χ1) is 9.25. The molecular weight excluding hydrogens is 340 g/mol. The van der Waals surface area contributed by atoms with Crippen LogP contribution in [-0.4, -0.2) is 30.7 Å². The van der Waals surface area contributed by atoms with Gasteiger partial charge in [-0.2, -0.15) is 8.78 Å². The molecule has 3 N–H and O–H groups in total.